The number of carbonyl (C=O) groups is 6. The summed E-state index contributed by atoms with van der Waals surface area (Å²) in [7, 11) is 0. The number of aliphatic carboxylic acids is 2. The Kier molecular flexibility index (Phi) is 13.0. The maximum absolute atomic E-state index is 13.4. The fraction of sp³-hybridized carbons (Fsp3) is 0.586. The van der Waals surface area contributed by atoms with Crippen LogP contribution < -0.4 is 26.0 Å². The minimum Gasteiger partial charge on any atom is -0.488 e. The van der Waals surface area contributed by atoms with Gasteiger partial charge in [-0.05, 0) is 79.5 Å². The van der Waals surface area contributed by atoms with Crippen molar-refractivity contribution in [1.29, 1.82) is 0 Å². The van der Waals surface area contributed by atoms with E-state index in [9.17, 15) is 28.8 Å². The van der Waals surface area contributed by atoms with Crippen LogP contribution in [-0.4, -0.2) is 81.3 Å². The molecule has 6 N–H and O–H groups in total. The number of rotatable bonds is 14. The smallest absolute Gasteiger partial charge is 0.408 e. The van der Waals surface area contributed by atoms with E-state index in [1.54, 1.807) is 45.0 Å². The minimum absolute atomic E-state index is 0.0252. The van der Waals surface area contributed by atoms with Crippen LogP contribution in [0.5, 0.6) is 5.75 Å². The van der Waals surface area contributed by atoms with Gasteiger partial charge in [0.1, 0.15) is 41.1 Å². The van der Waals surface area contributed by atoms with Gasteiger partial charge in [-0.15, -0.1) is 0 Å². The van der Waals surface area contributed by atoms with Gasteiger partial charge in [-0.3, -0.25) is 24.0 Å². The van der Waals surface area contributed by atoms with Gasteiger partial charge < -0.3 is 41.0 Å². The maximum Gasteiger partial charge on any atom is 0.408 e. The highest BCUT2D eigenvalue weighted by Crippen LogP contribution is 2.19. The lowest BCUT2D eigenvalue weighted by molar-refractivity contribution is -0.140. The third kappa shape index (κ3) is 14.9. The van der Waals surface area contributed by atoms with Crippen molar-refractivity contribution in [2.24, 2.45) is 0 Å². The monoisotopic (exact) mass is 608 g/mol. The normalized spacial score (nSPS) is 13.1. The predicted octanol–water partition coefficient (Wildman–Crippen LogP) is 1.74. The first kappa shape index (κ1) is 36.7. The van der Waals surface area contributed by atoms with Gasteiger partial charge in [-0.25, -0.2) is 4.79 Å². The molecule has 0 aliphatic heterocycles. The van der Waals surface area contributed by atoms with E-state index >= 15 is 0 Å². The molecule has 14 nitrogen and oxygen atoms in total. The first-order chi connectivity index (χ1) is 19.6. The van der Waals surface area contributed by atoms with Crippen LogP contribution in [0.4, 0.5) is 4.79 Å². The van der Waals surface area contributed by atoms with Gasteiger partial charge >= 0.3 is 18.0 Å². The Morgan fingerprint density at radius 3 is 1.84 bits per heavy atom. The van der Waals surface area contributed by atoms with Crippen LogP contribution in [0.15, 0.2) is 24.3 Å². The first-order valence-corrected chi connectivity index (χ1v) is 13.7. The van der Waals surface area contributed by atoms with E-state index in [-0.39, 0.29) is 12.8 Å². The van der Waals surface area contributed by atoms with Gasteiger partial charge in [-0.1, -0.05) is 12.1 Å². The van der Waals surface area contributed by atoms with Crippen LogP contribution in [0.2, 0.25) is 0 Å². The van der Waals surface area contributed by atoms with Gasteiger partial charge in [0.2, 0.25) is 17.7 Å². The fourth-order valence-corrected chi connectivity index (χ4v) is 3.56. The molecule has 0 saturated carbocycles. The molecule has 0 fully saturated rings. The van der Waals surface area contributed by atoms with Crippen molar-refractivity contribution in [3.63, 3.8) is 0 Å². The van der Waals surface area contributed by atoms with E-state index < -0.39 is 77.5 Å². The lowest BCUT2D eigenvalue weighted by atomic mass is 9.99. The van der Waals surface area contributed by atoms with Crippen LogP contribution in [0.3, 0.4) is 0 Å². The molecule has 0 saturated heterocycles. The molecule has 0 aliphatic carbocycles. The summed E-state index contributed by atoms with van der Waals surface area (Å²) in [5.74, 6) is -4.43. The number of hydrogen-bond donors (Lipinski definition) is 6. The summed E-state index contributed by atoms with van der Waals surface area (Å²) in [6, 6.07) is 4.36. The summed E-state index contributed by atoms with van der Waals surface area (Å²) in [6.45, 7) is 12.7. The molecule has 0 unspecified atom stereocenters. The van der Waals surface area contributed by atoms with Crippen molar-refractivity contribution in [3.8, 4) is 5.75 Å². The molecule has 240 valence electrons. The number of carboxylic acid groups (broad SMARTS) is 2. The fourth-order valence-electron chi connectivity index (χ4n) is 3.56. The molecule has 0 heterocycles. The Morgan fingerprint density at radius 1 is 0.767 bits per heavy atom. The van der Waals surface area contributed by atoms with Crippen LogP contribution in [0.25, 0.3) is 0 Å². The first-order valence-electron chi connectivity index (χ1n) is 13.7. The Balaban J connectivity index is 3.14. The van der Waals surface area contributed by atoms with Crippen molar-refractivity contribution in [2.75, 3.05) is 6.54 Å². The van der Waals surface area contributed by atoms with Crippen molar-refractivity contribution in [1.82, 2.24) is 21.3 Å². The molecule has 0 radical (unpaired) electrons. The maximum atomic E-state index is 13.4. The number of benzene rings is 1. The molecule has 1 rings (SSSR count). The minimum atomic E-state index is -1.65. The summed E-state index contributed by atoms with van der Waals surface area (Å²) < 4.78 is 11.1. The molecule has 14 heteroatoms. The molecular weight excluding hydrogens is 564 g/mol. The number of hydrogen-bond acceptors (Lipinski definition) is 8. The number of amides is 4. The summed E-state index contributed by atoms with van der Waals surface area (Å²) in [6.07, 6.45) is -1.64. The number of alkyl carbamates (subject to hydrolysis) is 1. The zero-order valence-corrected chi connectivity index (χ0v) is 26.0. The molecule has 0 spiro atoms. The van der Waals surface area contributed by atoms with Gasteiger partial charge in [-0.2, -0.15) is 0 Å². The zero-order chi connectivity index (χ0) is 33.2. The third-order valence-corrected chi connectivity index (χ3v) is 5.48. The standard InChI is InChI=1S/C29H44N4O10/c1-27(2,3)42-18-11-9-17(10-12-18)15-20(32-26(41)43-28(4,5)6)24(39)33-29(7,8)25(40)31-19(13-14-21(34)35)23(38)30-16-22(36)37/h9-12,19-20H,13-16H2,1-8H3,(H,30,38)(H,31,40)(H,32,41)(H,33,39)(H,34,35)(H,36,37)/t19-,20-/m0/s1. The quantitative estimate of drug-likeness (QED) is 0.180. The van der Waals surface area contributed by atoms with Crippen molar-refractivity contribution in [2.45, 2.75) is 103 Å². The Hall–Kier alpha value is -4.36. The summed E-state index contributed by atoms with van der Waals surface area (Å²) >= 11 is 0. The lowest BCUT2D eigenvalue weighted by Crippen LogP contribution is -2.62. The number of ether oxygens (including phenoxy) is 2. The molecule has 2 atom stereocenters. The number of nitrogens with one attached hydrogen (secondary N) is 4. The summed E-state index contributed by atoms with van der Waals surface area (Å²) in [4.78, 5) is 73.5. The number of carboxylic acids is 2. The van der Waals surface area contributed by atoms with E-state index in [1.165, 1.54) is 13.8 Å². The summed E-state index contributed by atoms with van der Waals surface area (Å²) in [5, 5.41) is 27.4. The lowest BCUT2D eigenvalue weighted by Gasteiger charge is -2.30. The van der Waals surface area contributed by atoms with Crippen LogP contribution in [-0.2, 0) is 35.1 Å². The highest BCUT2D eigenvalue weighted by atomic mass is 16.6. The third-order valence-electron chi connectivity index (χ3n) is 5.48. The SMILES string of the molecule is CC(C)(C)OC(=O)N[C@@H](Cc1ccc(OC(C)(C)C)cc1)C(=O)NC(C)(C)C(=O)N[C@@H](CCC(=O)O)C(=O)NCC(=O)O. The van der Waals surface area contributed by atoms with Gasteiger partial charge in [0, 0.05) is 12.8 Å². The highest BCUT2D eigenvalue weighted by molar-refractivity contribution is 5.96. The van der Waals surface area contributed by atoms with E-state index in [2.05, 4.69) is 21.3 Å². The predicted molar refractivity (Wildman–Crippen MR) is 155 cm³/mol. The topological polar surface area (TPSA) is 209 Å². The zero-order valence-electron chi connectivity index (χ0n) is 26.0. The van der Waals surface area contributed by atoms with Crippen LogP contribution in [0, 0.1) is 0 Å². The van der Waals surface area contributed by atoms with Crippen molar-refractivity contribution in [3.05, 3.63) is 29.8 Å². The Bertz CT molecular complexity index is 1170. The highest BCUT2D eigenvalue weighted by Gasteiger charge is 2.36. The molecule has 0 aliphatic rings. The second kappa shape index (κ2) is 15.2. The van der Waals surface area contributed by atoms with Gasteiger partial charge in [0.15, 0.2) is 0 Å². The second-order valence-corrected chi connectivity index (χ2v) is 12.4. The van der Waals surface area contributed by atoms with Gasteiger partial charge in [0.05, 0.1) is 0 Å². The molecular formula is C29H44N4O10. The largest absolute Gasteiger partial charge is 0.488 e. The van der Waals surface area contributed by atoms with E-state index in [1.807, 2.05) is 20.8 Å². The van der Waals surface area contributed by atoms with Crippen molar-refractivity contribution < 1.29 is 48.5 Å². The Labute approximate surface area is 251 Å². The second-order valence-electron chi connectivity index (χ2n) is 12.4. The van der Waals surface area contributed by atoms with Crippen LogP contribution in [0.1, 0.15) is 73.8 Å². The van der Waals surface area contributed by atoms with E-state index in [0.717, 1.165) is 0 Å². The van der Waals surface area contributed by atoms with Crippen LogP contribution >= 0.6 is 0 Å². The number of carbonyl (C=O) groups excluding carboxylic acids is 4. The molecule has 1 aromatic carbocycles. The average Bonchev–Trinajstić information content (AvgIpc) is 2.83. The van der Waals surface area contributed by atoms with Gasteiger partial charge in [0.25, 0.3) is 0 Å². The molecule has 0 bridgehead atoms. The molecule has 1 aromatic rings. The average molecular weight is 609 g/mol. The molecule has 4 amide bonds. The van der Waals surface area contributed by atoms with E-state index in [0.29, 0.717) is 11.3 Å². The molecule has 43 heavy (non-hydrogen) atoms. The van der Waals surface area contributed by atoms with E-state index in [4.69, 9.17) is 19.7 Å². The summed E-state index contributed by atoms with van der Waals surface area (Å²) in [5.41, 5.74) is -2.24. The van der Waals surface area contributed by atoms with Crippen molar-refractivity contribution >= 4 is 35.8 Å². The Morgan fingerprint density at radius 2 is 1.35 bits per heavy atom. The molecule has 0 aromatic heterocycles.